The Bertz CT molecular complexity index is 1210. The number of hydrogen-bond acceptors (Lipinski definition) is 5. The molecule has 4 rings (SSSR count). The van der Waals surface area contributed by atoms with Gasteiger partial charge in [0.15, 0.2) is 5.13 Å². The number of amides is 1. The zero-order chi connectivity index (χ0) is 20.5. The highest BCUT2D eigenvalue weighted by molar-refractivity contribution is 7.22. The van der Waals surface area contributed by atoms with E-state index in [4.69, 9.17) is 4.74 Å². The zero-order valence-electron chi connectivity index (χ0n) is 16.8. The summed E-state index contributed by atoms with van der Waals surface area (Å²) in [5.41, 5.74) is 6.62. The lowest BCUT2D eigenvalue weighted by atomic mass is 10.1. The van der Waals surface area contributed by atoms with Crippen molar-refractivity contribution in [3.63, 3.8) is 0 Å². The Hall–Kier alpha value is -2.70. The van der Waals surface area contributed by atoms with Crippen molar-refractivity contribution in [3.05, 3.63) is 74.5 Å². The summed E-state index contributed by atoms with van der Waals surface area (Å²) in [5.74, 6) is 0.754. The average molecular weight is 423 g/mol. The van der Waals surface area contributed by atoms with Gasteiger partial charge in [0, 0.05) is 5.56 Å². The standard InChI is InChI=1S/C23H22N2O2S2/c1-13-5-6-18-20(9-13)29-23(24-18)25-22(26)21-10-17(12-28-21)11-27-19-8-14(2)7-15(3)16(19)4/h5-10,12H,11H2,1-4H3,(H,24,25,26). The molecule has 0 saturated carbocycles. The highest BCUT2D eigenvalue weighted by Gasteiger charge is 2.13. The Kier molecular flexibility index (Phi) is 5.39. The number of aryl methyl sites for hydroxylation is 3. The summed E-state index contributed by atoms with van der Waals surface area (Å²) in [6, 6.07) is 12.2. The highest BCUT2D eigenvalue weighted by atomic mass is 32.1. The minimum atomic E-state index is -0.139. The zero-order valence-corrected chi connectivity index (χ0v) is 18.5. The molecule has 0 spiro atoms. The quantitative estimate of drug-likeness (QED) is 0.403. The van der Waals surface area contributed by atoms with Crippen LogP contribution in [-0.4, -0.2) is 10.9 Å². The summed E-state index contributed by atoms with van der Waals surface area (Å²) in [7, 11) is 0. The molecule has 0 atom stereocenters. The van der Waals surface area contributed by atoms with Crippen LogP contribution < -0.4 is 10.1 Å². The van der Waals surface area contributed by atoms with Gasteiger partial charge in [0.2, 0.25) is 0 Å². The Morgan fingerprint density at radius 2 is 1.90 bits per heavy atom. The number of aromatic nitrogens is 1. The van der Waals surface area contributed by atoms with Crippen LogP contribution in [0.2, 0.25) is 0 Å². The molecule has 4 nitrogen and oxygen atoms in total. The molecule has 0 radical (unpaired) electrons. The first-order valence-electron chi connectivity index (χ1n) is 9.35. The van der Waals surface area contributed by atoms with Gasteiger partial charge in [-0.1, -0.05) is 23.5 Å². The SMILES string of the molecule is Cc1cc(C)c(C)c(OCc2csc(C(=O)Nc3nc4ccc(C)cc4s3)c2)c1. The van der Waals surface area contributed by atoms with Gasteiger partial charge in [-0.25, -0.2) is 4.98 Å². The molecule has 2 heterocycles. The molecule has 29 heavy (non-hydrogen) atoms. The number of carbonyl (C=O) groups is 1. The second-order valence-corrected chi connectivity index (χ2v) is 9.20. The number of carbonyl (C=O) groups excluding carboxylic acids is 1. The molecule has 0 aliphatic heterocycles. The van der Waals surface area contributed by atoms with E-state index in [9.17, 15) is 4.79 Å². The number of fused-ring (bicyclic) bond motifs is 1. The lowest BCUT2D eigenvalue weighted by molar-refractivity contribution is 0.103. The Balaban J connectivity index is 1.43. The third-order valence-corrected chi connectivity index (χ3v) is 6.71. The van der Waals surface area contributed by atoms with E-state index < -0.39 is 0 Å². The van der Waals surface area contributed by atoms with Gasteiger partial charge in [-0.05, 0) is 79.6 Å². The Morgan fingerprint density at radius 3 is 2.72 bits per heavy atom. The number of nitrogens with zero attached hydrogens (tertiary/aromatic N) is 1. The van der Waals surface area contributed by atoms with Crippen LogP contribution in [0.15, 0.2) is 41.8 Å². The van der Waals surface area contributed by atoms with E-state index in [2.05, 4.69) is 49.3 Å². The van der Waals surface area contributed by atoms with Crippen LogP contribution in [-0.2, 0) is 6.61 Å². The number of rotatable bonds is 5. The molecule has 4 aromatic rings. The first-order chi connectivity index (χ1) is 13.9. The van der Waals surface area contributed by atoms with Crippen molar-refractivity contribution in [1.82, 2.24) is 4.98 Å². The first kappa shape index (κ1) is 19.6. The highest BCUT2D eigenvalue weighted by Crippen LogP contribution is 2.28. The van der Waals surface area contributed by atoms with E-state index in [-0.39, 0.29) is 5.91 Å². The summed E-state index contributed by atoms with van der Waals surface area (Å²) < 4.78 is 7.09. The Labute approximate surface area is 178 Å². The molecule has 2 aromatic heterocycles. The Morgan fingerprint density at radius 1 is 1.07 bits per heavy atom. The minimum Gasteiger partial charge on any atom is -0.489 e. The lowest BCUT2D eigenvalue weighted by Gasteiger charge is -2.11. The maximum absolute atomic E-state index is 12.6. The maximum atomic E-state index is 12.6. The summed E-state index contributed by atoms with van der Waals surface area (Å²) in [6.07, 6.45) is 0. The van der Waals surface area contributed by atoms with Crippen LogP contribution in [0.25, 0.3) is 10.2 Å². The molecular formula is C23H22N2O2S2. The average Bonchev–Trinajstić information content (AvgIpc) is 3.29. The van der Waals surface area contributed by atoms with E-state index in [1.54, 1.807) is 0 Å². The van der Waals surface area contributed by atoms with Gasteiger partial charge in [-0.3, -0.25) is 10.1 Å². The second-order valence-electron chi connectivity index (χ2n) is 7.26. The fraction of sp³-hybridized carbons (Fsp3) is 0.217. The largest absolute Gasteiger partial charge is 0.489 e. The van der Waals surface area contributed by atoms with Crippen molar-refractivity contribution in [2.45, 2.75) is 34.3 Å². The van der Waals surface area contributed by atoms with E-state index in [1.807, 2.05) is 30.5 Å². The molecule has 1 amide bonds. The molecule has 2 aromatic carbocycles. The topological polar surface area (TPSA) is 51.2 Å². The molecule has 148 valence electrons. The van der Waals surface area contributed by atoms with Crippen molar-refractivity contribution in [2.24, 2.45) is 0 Å². The van der Waals surface area contributed by atoms with Crippen LogP contribution in [0, 0.1) is 27.7 Å². The molecule has 0 fully saturated rings. The van der Waals surface area contributed by atoms with Gasteiger partial charge in [0.05, 0.1) is 15.1 Å². The van der Waals surface area contributed by atoms with Crippen LogP contribution >= 0.6 is 22.7 Å². The van der Waals surface area contributed by atoms with Gasteiger partial charge < -0.3 is 4.74 Å². The number of thiazole rings is 1. The van der Waals surface area contributed by atoms with Gasteiger partial charge in [-0.2, -0.15) is 0 Å². The van der Waals surface area contributed by atoms with Crippen LogP contribution in [0.1, 0.15) is 37.5 Å². The van der Waals surface area contributed by atoms with Crippen LogP contribution in [0.4, 0.5) is 5.13 Å². The van der Waals surface area contributed by atoms with Crippen molar-refractivity contribution >= 4 is 43.9 Å². The van der Waals surface area contributed by atoms with Crippen molar-refractivity contribution < 1.29 is 9.53 Å². The van der Waals surface area contributed by atoms with E-state index in [0.717, 1.165) is 27.1 Å². The fourth-order valence-corrected chi connectivity index (χ4v) is 4.88. The van der Waals surface area contributed by atoms with Gasteiger partial charge >= 0.3 is 0 Å². The predicted molar refractivity (Wildman–Crippen MR) is 122 cm³/mol. The number of anilines is 1. The third kappa shape index (κ3) is 4.33. The minimum absolute atomic E-state index is 0.139. The van der Waals surface area contributed by atoms with Crippen molar-refractivity contribution in [2.75, 3.05) is 5.32 Å². The smallest absolute Gasteiger partial charge is 0.267 e. The number of benzene rings is 2. The van der Waals surface area contributed by atoms with Gasteiger partial charge in [0.1, 0.15) is 12.4 Å². The monoisotopic (exact) mass is 422 g/mol. The molecule has 6 heteroatoms. The first-order valence-corrected chi connectivity index (χ1v) is 11.1. The fourth-order valence-electron chi connectivity index (χ4n) is 3.13. The number of hydrogen-bond donors (Lipinski definition) is 1. The van der Waals surface area contributed by atoms with Crippen LogP contribution in [0.5, 0.6) is 5.75 Å². The van der Waals surface area contributed by atoms with E-state index in [0.29, 0.717) is 16.6 Å². The summed E-state index contributed by atoms with van der Waals surface area (Å²) in [6.45, 7) is 8.71. The summed E-state index contributed by atoms with van der Waals surface area (Å²) in [5, 5.41) is 5.50. The van der Waals surface area contributed by atoms with E-state index in [1.165, 1.54) is 39.4 Å². The summed E-state index contributed by atoms with van der Waals surface area (Å²) in [4.78, 5) is 17.8. The normalized spacial score (nSPS) is 11.0. The second kappa shape index (κ2) is 7.97. The number of nitrogens with one attached hydrogen (secondary N) is 1. The number of ether oxygens (including phenoxy) is 1. The molecule has 1 N–H and O–H groups in total. The van der Waals surface area contributed by atoms with E-state index >= 15 is 0 Å². The van der Waals surface area contributed by atoms with Crippen molar-refractivity contribution in [1.29, 1.82) is 0 Å². The molecule has 0 aliphatic carbocycles. The van der Waals surface area contributed by atoms with Gasteiger partial charge in [-0.15, -0.1) is 11.3 Å². The molecule has 0 bridgehead atoms. The molecule has 0 aliphatic rings. The lowest BCUT2D eigenvalue weighted by Crippen LogP contribution is -2.09. The van der Waals surface area contributed by atoms with Crippen LogP contribution in [0.3, 0.4) is 0 Å². The van der Waals surface area contributed by atoms with Crippen molar-refractivity contribution in [3.8, 4) is 5.75 Å². The number of thiophene rings is 1. The molecule has 0 unspecified atom stereocenters. The van der Waals surface area contributed by atoms with Gasteiger partial charge in [0.25, 0.3) is 5.91 Å². The predicted octanol–water partition coefficient (Wildman–Crippen LogP) is 6.42. The maximum Gasteiger partial charge on any atom is 0.267 e. The molecule has 0 saturated heterocycles. The summed E-state index contributed by atoms with van der Waals surface area (Å²) >= 11 is 2.91. The molecular weight excluding hydrogens is 400 g/mol. The third-order valence-electron chi connectivity index (χ3n) is 4.80.